The monoisotopic (exact) mass is 276 g/mol. The molecular weight excluding hydrogens is 263 g/mol. The normalized spacial score (nSPS) is 13.0. The Kier molecular flexibility index (Phi) is 3.08. The number of rotatable bonds is 3. The minimum atomic E-state index is -0.265. The minimum Gasteiger partial charge on any atom is -0.459 e. The Hall–Kier alpha value is -1.72. The van der Waals surface area contributed by atoms with E-state index in [4.69, 9.17) is 10.2 Å². The summed E-state index contributed by atoms with van der Waals surface area (Å²) in [5, 5.41) is 0.787. The van der Waals surface area contributed by atoms with Crippen molar-refractivity contribution in [3.8, 4) is 0 Å². The number of hydrogen-bond donors (Lipinski definition) is 1. The van der Waals surface area contributed by atoms with Crippen molar-refractivity contribution in [3.63, 3.8) is 0 Å². The van der Waals surface area contributed by atoms with Crippen LogP contribution in [0.2, 0.25) is 0 Å². The fourth-order valence-electron chi connectivity index (χ4n) is 2.22. The molecule has 2 aromatic heterocycles. The number of nitrogens with two attached hydrogens (primary N) is 1. The number of aromatic nitrogens is 1. The van der Waals surface area contributed by atoms with Gasteiger partial charge in [-0.15, -0.1) is 11.3 Å². The Bertz CT molecular complexity index is 706. The average Bonchev–Trinajstić information content (AvgIpc) is 2.98. The summed E-state index contributed by atoms with van der Waals surface area (Å²) >= 11 is 1.57. The highest BCUT2D eigenvalue weighted by atomic mass is 32.1. The molecule has 3 rings (SSSR count). The van der Waals surface area contributed by atoms with Gasteiger partial charge in [0, 0.05) is 28.4 Å². The number of nitrogens with zero attached hydrogens (tertiary/aromatic N) is 1. The number of thiazole rings is 1. The molecule has 0 aliphatic carbocycles. The van der Waals surface area contributed by atoms with Gasteiger partial charge in [-0.2, -0.15) is 0 Å². The molecule has 0 fully saturated rings. The van der Waals surface area contributed by atoms with E-state index in [-0.39, 0.29) is 11.9 Å². The van der Waals surface area contributed by atoms with Crippen molar-refractivity contribution in [2.24, 2.45) is 5.73 Å². The van der Waals surface area contributed by atoms with Gasteiger partial charge in [-0.3, -0.25) is 4.98 Å². The van der Waals surface area contributed by atoms with E-state index in [0.29, 0.717) is 17.8 Å². The first-order valence-electron chi connectivity index (χ1n) is 5.96. The van der Waals surface area contributed by atoms with Gasteiger partial charge in [0.15, 0.2) is 0 Å². The molecule has 3 nitrogen and oxygen atoms in total. The average molecular weight is 276 g/mol. The van der Waals surface area contributed by atoms with E-state index >= 15 is 0 Å². The third kappa shape index (κ3) is 2.27. The zero-order valence-electron chi connectivity index (χ0n) is 10.4. The van der Waals surface area contributed by atoms with E-state index in [1.54, 1.807) is 22.9 Å². The first-order valence-corrected chi connectivity index (χ1v) is 6.84. The van der Waals surface area contributed by atoms with Crippen molar-refractivity contribution in [1.29, 1.82) is 0 Å². The topological polar surface area (TPSA) is 52.0 Å². The van der Waals surface area contributed by atoms with Gasteiger partial charge in [-0.05, 0) is 25.1 Å². The van der Waals surface area contributed by atoms with Gasteiger partial charge in [0.1, 0.15) is 17.2 Å². The Balaban J connectivity index is 1.98. The van der Waals surface area contributed by atoms with Crippen molar-refractivity contribution in [1.82, 2.24) is 4.98 Å². The van der Waals surface area contributed by atoms with Gasteiger partial charge in [-0.25, -0.2) is 4.39 Å². The van der Waals surface area contributed by atoms with Crippen LogP contribution >= 0.6 is 11.3 Å². The van der Waals surface area contributed by atoms with Gasteiger partial charge in [0.2, 0.25) is 0 Å². The Labute approximate surface area is 113 Å². The van der Waals surface area contributed by atoms with Crippen LogP contribution in [0.1, 0.15) is 22.2 Å². The predicted octanol–water partition coefficient (Wildman–Crippen LogP) is 3.58. The number of fused-ring (bicyclic) bond motifs is 1. The molecule has 0 aliphatic heterocycles. The van der Waals surface area contributed by atoms with E-state index in [1.165, 1.54) is 12.1 Å². The SMILES string of the molecule is Cc1c(C(N)Cc2cncs2)oc2ccc(F)cc12. The standard InChI is InChI=1S/C14H13FN2OS/c1-8-11-4-9(15)2-3-13(11)18-14(8)12(16)5-10-6-17-7-19-10/h2-4,6-7,12H,5,16H2,1H3. The molecule has 98 valence electrons. The van der Waals surface area contributed by atoms with E-state index < -0.39 is 0 Å². The molecule has 1 atom stereocenters. The van der Waals surface area contributed by atoms with Crippen LogP contribution in [0.3, 0.4) is 0 Å². The molecule has 0 aliphatic rings. The number of aryl methyl sites for hydroxylation is 1. The van der Waals surface area contributed by atoms with Crippen LogP contribution in [0.25, 0.3) is 11.0 Å². The minimum absolute atomic E-state index is 0.240. The smallest absolute Gasteiger partial charge is 0.134 e. The summed E-state index contributed by atoms with van der Waals surface area (Å²) in [5.74, 6) is 0.452. The molecule has 0 bridgehead atoms. The predicted molar refractivity (Wildman–Crippen MR) is 73.7 cm³/mol. The second-order valence-corrected chi connectivity index (χ2v) is 5.48. The molecule has 0 spiro atoms. The maximum absolute atomic E-state index is 13.3. The Morgan fingerprint density at radius 3 is 3.05 bits per heavy atom. The third-order valence-corrected chi connectivity index (χ3v) is 3.98. The van der Waals surface area contributed by atoms with Crippen molar-refractivity contribution in [2.45, 2.75) is 19.4 Å². The highest BCUT2D eigenvalue weighted by molar-refractivity contribution is 7.09. The lowest BCUT2D eigenvalue weighted by atomic mass is 10.1. The molecule has 3 aromatic rings. The van der Waals surface area contributed by atoms with Crippen LogP contribution in [0.5, 0.6) is 0 Å². The van der Waals surface area contributed by atoms with Gasteiger partial charge in [0.25, 0.3) is 0 Å². The van der Waals surface area contributed by atoms with E-state index in [1.807, 2.05) is 13.1 Å². The molecule has 0 saturated heterocycles. The quantitative estimate of drug-likeness (QED) is 0.795. The molecular formula is C14H13FN2OS. The van der Waals surface area contributed by atoms with Gasteiger partial charge < -0.3 is 10.2 Å². The zero-order valence-corrected chi connectivity index (χ0v) is 11.2. The van der Waals surface area contributed by atoms with Gasteiger partial charge >= 0.3 is 0 Å². The number of halogens is 1. The first kappa shape index (κ1) is 12.3. The Morgan fingerprint density at radius 1 is 1.47 bits per heavy atom. The molecule has 1 unspecified atom stereocenters. The van der Waals surface area contributed by atoms with Crippen molar-refractivity contribution >= 4 is 22.3 Å². The second-order valence-electron chi connectivity index (χ2n) is 4.51. The highest BCUT2D eigenvalue weighted by Crippen LogP contribution is 2.30. The molecule has 0 amide bonds. The number of hydrogen-bond acceptors (Lipinski definition) is 4. The summed E-state index contributed by atoms with van der Waals surface area (Å²) in [6.45, 7) is 1.91. The summed E-state index contributed by atoms with van der Waals surface area (Å²) in [7, 11) is 0. The summed E-state index contributed by atoms with van der Waals surface area (Å²) < 4.78 is 19.0. The molecule has 2 N–H and O–H groups in total. The van der Waals surface area contributed by atoms with Crippen LogP contribution in [0, 0.1) is 12.7 Å². The first-order chi connectivity index (χ1) is 9.15. The number of furan rings is 1. The summed E-state index contributed by atoms with van der Waals surface area (Å²) in [6, 6.07) is 4.28. The molecule has 0 radical (unpaired) electrons. The van der Waals surface area contributed by atoms with Crippen molar-refractivity contribution in [3.05, 3.63) is 51.9 Å². The van der Waals surface area contributed by atoms with Crippen LogP contribution in [-0.2, 0) is 6.42 Å². The zero-order chi connectivity index (χ0) is 13.4. The second kappa shape index (κ2) is 4.75. The lowest BCUT2D eigenvalue weighted by molar-refractivity contribution is 0.491. The Morgan fingerprint density at radius 2 is 2.32 bits per heavy atom. The lowest BCUT2D eigenvalue weighted by Crippen LogP contribution is -2.12. The van der Waals surface area contributed by atoms with Crippen molar-refractivity contribution < 1.29 is 8.81 Å². The molecule has 2 heterocycles. The summed E-state index contributed by atoms with van der Waals surface area (Å²) in [5.41, 5.74) is 9.54. The molecule has 1 aromatic carbocycles. The van der Waals surface area contributed by atoms with Crippen LogP contribution in [-0.4, -0.2) is 4.98 Å². The van der Waals surface area contributed by atoms with Crippen LogP contribution < -0.4 is 5.73 Å². The lowest BCUT2D eigenvalue weighted by Gasteiger charge is -2.07. The summed E-state index contributed by atoms with van der Waals surface area (Å²) in [6.07, 6.45) is 2.48. The largest absolute Gasteiger partial charge is 0.459 e. The van der Waals surface area contributed by atoms with E-state index in [2.05, 4.69) is 4.98 Å². The van der Waals surface area contributed by atoms with E-state index in [9.17, 15) is 4.39 Å². The van der Waals surface area contributed by atoms with Crippen LogP contribution in [0.4, 0.5) is 4.39 Å². The van der Waals surface area contributed by atoms with E-state index in [0.717, 1.165) is 15.8 Å². The maximum atomic E-state index is 13.3. The third-order valence-electron chi connectivity index (χ3n) is 3.18. The molecule has 19 heavy (non-hydrogen) atoms. The molecule has 0 saturated carbocycles. The number of benzene rings is 1. The van der Waals surface area contributed by atoms with Crippen molar-refractivity contribution in [2.75, 3.05) is 0 Å². The maximum Gasteiger partial charge on any atom is 0.134 e. The fourth-order valence-corrected chi connectivity index (χ4v) is 2.87. The summed E-state index contributed by atoms with van der Waals surface area (Å²) in [4.78, 5) is 5.14. The fraction of sp³-hybridized carbons (Fsp3) is 0.214. The van der Waals surface area contributed by atoms with Crippen LogP contribution in [0.15, 0.2) is 34.3 Å². The van der Waals surface area contributed by atoms with Gasteiger partial charge in [0.05, 0.1) is 11.6 Å². The van der Waals surface area contributed by atoms with Gasteiger partial charge in [-0.1, -0.05) is 0 Å². The highest BCUT2D eigenvalue weighted by Gasteiger charge is 2.18. The molecule has 5 heteroatoms.